The number of carboxylic acid groups (broad SMARTS) is 1. The molecule has 5 nitrogen and oxygen atoms in total. The fourth-order valence-corrected chi connectivity index (χ4v) is 2.20. The van der Waals surface area contributed by atoms with Crippen molar-refractivity contribution in [2.45, 2.75) is 39.5 Å². The minimum absolute atomic E-state index is 0.0108. The van der Waals surface area contributed by atoms with Gasteiger partial charge in [0.25, 0.3) is 0 Å². The van der Waals surface area contributed by atoms with Gasteiger partial charge >= 0.3 is 5.97 Å². The molecule has 0 aromatic carbocycles. The van der Waals surface area contributed by atoms with Crippen molar-refractivity contribution in [1.82, 2.24) is 5.32 Å². The molecule has 1 heterocycles. The molecule has 18 heavy (non-hydrogen) atoms. The van der Waals surface area contributed by atoms with Crippen molar-refractivity contribution in [2.75, 3.05) is 19.8 Å². The number of carbonyl (C=O) groups excluding carboxylic acids is 1. The number of carboxylic acids is 1. The van der Waals surface area contributed by atoms with Crippen LogP contribution in [0.25, 0.3) is 0 Å². The average Bonchev–Trinajstić information content (AvgIpc) is 2.66. The highest BCUT2D eigenvalue weighted by Crippen LogP contribution is 2.24. The SMILES string of the molecule is CC(C)(CC(=O)O)CC(=O)NCCC1CCOC1. The zero-order valence-electron chi connectivity index (χ0n) is 11.2. The van der Waals surface area contributed by atoms with Gasteiger partial charge in [0.2, 0.25) is 5.91 Å². The number of nitrogens with one attached hydrogen (secondary N) is 1. The molecule has 1 aliphatic rings. The van der Waals surface area contributed by atoms with Crippen molar-refractivity contribution in [1.29, 1.82) is 0 Å². The molecule has 1 unspecified atom stereocenters. The van der Waals surface area contributed by atoms with E-state index in [9.17, 15) is 9.59 Å². The average molecular weight is 257 g/mol. The predicted octanol–water partition coefficient (Wildman–Crippen LogP) is 1.42. The summed E-state index contributed by atoms with van der Waals surface area (Å²) in [6, 6.07) is 0. The molecule has 1 atom stereocenters. The number of amides is 1. The lowest BCUT2D eigenvalue weighted by atomic mass is 9.85. The Morgan fingerprint density at radius 1 is 1.39 bits per heavy atom. The molecule has 2 N–H and O–H groups in total. The molecule has 0 aliphatic carbocycles. The molecule has 0 aromatic rings. The van der Waals surface area contributed by atoms with Crippen LogP contribution in [0.2, 0.25) is 0 Å². The Labute approximate surface area is 108 Å². The quantitative estimate of drug-likeness (QED) is 0.723. The molecule has 5 heteroatoms. The van der Waals surface area contributed by atoms with Crippen LogP contribution in [0.1, 0.15) is 39.5 Å². The standard InChI is InChI=1S/C13H23NO4/c1-13(2,8-12(16)17)7-11(15)14-5-3-10-4-6-18-9-10/h10H,3-9H2,1-2H3,(H,14,15)(H,16,17). The van der Waals surface area contributed by atoms with E-state index < -0.39 is 11.4 Å². The van der Waals surface area contributed by atoms with E-state index in [-0.39, 0.29) is 18.7 Å². The maximum absolute atomic E-state index is 11.7. The topological polar surface area (TPSA) is 75.6 Å². The van der Waals surface area contributed by atoms with Crippen LogP contribution >= 0.6 is 0 Å². The van der Waals surface area contributed by atoms with E-state index in [2.05, 4.69) is 5.32 Å². The molecule has 0 radical (unpaired) electrons. The van der Waals surface area contributed by atoms with E-state index in [0.717, 1.165) is 26.1 Å². The van der Waals surface area contributed by atoms with Gasteiger partial charge in [-0.25, -0.2) is 0 Å². The molecule has 1 fully saturated rings. The summed E-state index contributed by atoms with van der Waals surface area (Å²) in [4.78, 5) is 22.3. The summed E-state index contributed by atoms with van der Waals surface area (Å²) in [6.07, 6.45) is 2.27. The number of carbonyl (C=O) groups is 2. The molecule has 0 spiro atoms. The van der Waals surface area contributed by atoms with E-state index in [1.54, 1.807) is 13.8 Å². The molecule has 1 aliphatic heterocycles. The second-order valence-electron chi connectivity index (χ2n) is 5.78. The number of hydrogen-bond acceptors (Lipinski definition) is 3. The van der Waals surface area contributed by atoms with Crippen LogP contribution in [0, 0.1) is 11.3 Å². The highest BCUT2D eigenvalue weighted by atomic mass is 16.5. The molecular weight excluding hydrogens is 234 g/mol. The minimum atomic E-state index is -0.865. The van der Waals surface area contributed by atoms with Crippen molar-refractivity contribution in [3.05, 3.63) is 0 Å². The maximum Gasteiger partial charge on any atom is 0.303 e. The summed E-state index contributed by atoms with van der Waals surface area (Å²) in [6.45, 7) is 5.86. The highest BCUT2D eigenvalue weighted by Gasteiger charge is 2.25. The summed E-state index contributed by atoms with van der Waals surface area (Å²) in [5, 5.41) is 11.6. The van der Waals surface area contributed by atoms with Crippen LogP contribution in [0.5, 0.6) is 0 Å². The van der Waals surface area contributed by atoms with Gasteiger partial charge in [0.1, 0.15) is 0 Å². The number of ether oxygens (including phenoxy) is 1. The molecule has 0 aromatic heterocycles. The van der Waals surface area contributed by atoms with Crippen molar-refractivity contribution in [3.63, 3.8) is 0 Å². The van der Waals surface area contributed by atoms with Crippen LogP contribution in [0.4, 0.5) is 0 Å². The summed E-state index contributed by atoms with van der Waals surface area (Å²) in [5.41, 5.74) is -0.494. The van der Waals surface area contributed by atoms with Crippen molar-refractivity contribution in [3.8, 4) is 0 Å². The van der Waals surface area contributed by atoms with Gasteiger partial charge in [-0.15, -0.1) is 0 Å². The van der Waals surface area contributed by atoms with Crippen LogP contribution in [-0.4, -0.2) is 36.7 Å². The van der Waals surface area contributed by atoms with Crippen LogP contribution in [0.15, 0.2) is 0 Å². The Balaban J connectivity index is 2.17. The smallest absolute Gasteiger partial charge is 0.303 e. The first kappa shape index (κ1) is 15.0. The monoisotopic (exact) mass is 257 g/mol. The van der Waals surface area contributed by atoms with Gasteiger partial charge in [-0.1, -0.05) is 13.8 Å². The first-order chi connectivity index (χ1) is 8.39. The van der Waals surface area contributed by atoms with E-state index >= 15 is 0 Å². The van der Waals surface area contributed by atoms with Gasteiger partial charge in [0.15, 0.2) is 0 Å². The summed E-state index contributed by atoms with van der Waals surface area (Å²) in [5.74, 6) is -0.381. The lowest BCUT2D eigenvalue weighted by molar-refractivity contribution is -0.139. The highest BCUT2D eigenvalue weighted by molar-refractivity contribution is 5.77. The van der Waals surface area contributed by atoms with E-state index in [4.69, 9.17) is 9.84 Å². The molecule has 0 bridgehead atoms. The Bertz CT molecular complexity index is 295. The van der Waals surface area contributed by atoms with Gasteiger partial charge in [0.05, 0.1) is 6.42 Å². The predicted molar refractivity (Wildman–Crippen MR) is 67.2 cm³/mol. The third-order valence-corrected chi connectivity index (χ3v) is 3.17. The summed E-state index contributed by atoms with van der Waals surface area (Å²) >= 11 is 0. The number of hydrogen-bond donors (Lipinski definition) is 2. The third-order valence-electron chi connectivity index (χ3n) is 3.17. The van der Waals surface area contributed by atoms with Crippen molar-refractivity contribution < 1.29 is 19.4 Å². The van der Waals surface area contributed by atoms with Gasteiger partial charge in [-0.3, -0.25) is 9.59 Å². The molecule has 104 valence electrons. The van der Waals surface area contributed by atoms with Gasteiger partial charge in [0, 0.05) is 26.2 Å². The van der Waals surface area contributed by atoms with Crippen molar-refractivity contribution in [2.24, 2.45) is 11.3 Å². The normalized spacial score (nSPS) is 19.8. The molecule has 1 rings (SSSR count). The lowest BCUT2D eigenvalue weighted by Gasteiger charge is -2.21. The lowest BCUT2D eigenvalue weighted by Crippen LogP contribution is -2.31. The summed E-state index contributed by atoms with van der Waals surface area (Å²) in [7, 11) is 0. The van der Waals surface area contributed by atoms with Crippen LogP contribution in [0.3, 0.4) is 0 Å². The Hall–Kier alpha value is -1.10. The minimum Gasteiger partial charge on any atom is -0.481 e. The Kier molecular flexibility index (Phi) is 5.59. The zero-order valence-corrected chi connectivity index (χ0v) is 11.2. The fourth-order valence-electron chi connectivity index (χ4n) is 2.20. The first-order valence-electron chi connectivity index (χ1n) is 6.45. The molecule has 1 amide bonds. The molecule has 1 saturated heterocycles. The van der Waals surface area contributed by atoms with Gasteiger partial charge in [-0.05, 0) is 24.2 Å². The number of aliphatic carboxylic acids is 1. The van der Waals surface area contributed by atoms with Gasteiger partial charge < -0.3 is 15.2 Å². The zero-order chi connectivity index (χ0) is 13.6. The first-order valence-corrected chi connectivity index (χ1v) is 6.45. The third kappa shape index (κ3) is 6.00. The molecule has 0 saturated carbocycles. The summed E-state index contributed by atoms with van der Waals surface area (Å²) < 4.78 is 5.26. The van der Waals surface area contributed by atoms with Gasteiger partial charge in [-0.2, -0.15) is 0 Å². The number of rotatable bonds is 7. The van der Waals surface area contributed by atoms with Crippen molar-refractivity contribution >= 4 is 11.9 Å². The van der Waals surface area contributed by atoms with E-state index in [1.165, 1.54) is 0 Å². The van der Waals surface area contributed by atoms with E-state index in [1.807, 2.05) is 0 Å². The van der Waals surface area contributed by atoms with Crippen LogP contribution in [-0.2, 0) is 14.3 Å². The largest absolute Gasteiger partial charge is 0.481 e. The van der Waals surface area contributed by atoms with Crippen LogP contribution < -0.4 is 5.32 Å². The van der Waals surface area contributed by atoms with E-state index in [0.29, 0.717) is 12.5 Å². The second kappa shape index (κ2) is 6.73. The Morgan fingerprint density at radius 2 is 2.11 bits per heavy atom. The fraction of sp³-hybridized carbons (Fsp3) is 0.846. The molecular formula is C13H23NO4. The second-order valence-corrected chi connectivity index (χ2v) is 5.78. The maximum atomic E-state index is 11.7. The Morgan fingerprint density at radius 3 is 2.67 bits per heavy atom.